The van der Waals surface area contributed by atoms with Gasteiger partial charge in [-0.1, -0.05) is 37.1 Å². The third-order valence-corrected chi connectivity index (χ3v) is 5.21. The smallest absolute Gasteiger partial charge is 0.317 e. The van der Waals surface area contributed by atoms with Gasteiger partial charge in [-0.3, -0.25) is 9.59 Å². The highest BCUT2D eigenvalue weighted by atomic mass is 19.1. The van der Waals surface area contributed by atoms with Crippen molar-refractivity contribution in [3.63, 3.8) is 0 Å². The first kappa shape index (κ1) is 19.9. The molecule has 0 aromatic heterocycles. The average Bonchev–Trinajstić information content (AvgIpc) is 3.22. The molecule has 0 bridgehead atoms. The molecule has 28 heavy (non-hydrogen) atoms. The van der Waals surface area contributed by atoms with Gasteiger partial charge in [0.1, 0.15) is 11.6 Å². The van der Waals surface area contributed by atoms with Crippen LogP contribution in [0.15, 0.2) is 48.5 Å². The number of carbonyl (C=O) groups is 2. The average molecular weight is 385 g/mol. The first-order valence-corrected chi connectivity index (χ1v) is 9.36. The van der Waals surface area contributed by atoms with E-state index < -0.39 is 11.4 Å². The summed E-state index contributed by atoms with van der Waals surface area (Å²) in [5.41, 5.74) is 0.666. The Morgan fingerprint density at radius 3 is 2.46 bits per heavy atom. The highest BCUT2D eigenvalue weighted by Gasteiger charge is 2.44. The fourth-order valence-corrected chi connectivity index (χ4v) is 3.64. The van der Waals surface area contributed by atoms with Gasteiger partial charge in [0, 0.05) is 6.54 Å². The SMILES string of the molecule is COc1ccc(CNC(=O)COC(=O)C2(c3cccc(F)c3)CCCC2)cc1. The van der Waals surface area contributed by atoms with Gasteiger partial charge in [-0.15, -0.1) is 0 Å². The second kappa shape index (κ2) is 8.87. The van der Waals surface area contributed by atoms with Crippen LogP contribution >= 0.6 is 0 Å². The molecular weight excluding hydrogens is 361 g/mol. The monoisotopic (exact) mass is 385 g/mol. The van der Waals surface area contributed by atoms with E-state index in [1.807, 2.05) is 24.3 Å². The number of hydrogen-bond acceptors (Lipinski definition) is 4. The molecule has 0 radical (unpaired) electrons. The van der Waals surface area contributed by atoms with Crippen LogP contribution in [0.5, 0.6) is 5.75 Å². The molecule has 1 saturated carbocycles. The van der Waals surface area contributed by atoms with Crippen LogP contribution in [0.2, 0.25) is 0 Å². The normalized spacial score (nSPS) is 15.1. The van der Waals surface area contributed by atoms with Crippen LogP contribution in [0.3, 0.4) is 0 Å². The number of hydrogen-bond donors (Lipinski definition) is 1. The molecule has 0 unspecified atom stereocenters. The number of rotatable bonds is 7. The van der Waals surface area contributed by atoms with Crippen LogP contribution in [0.25, 0.3) is 0 Å². The lowest BCUT2D eigenvalue weighted by atomic mass is 9.79. The Bertz CT molecular complexity index is 829. The van der Waals surface area contributed by atoms with Crippen molar-refractivity contribution < 1.29 is 23.5 Å². The molecule has 1 aliphatic carbocycles. The number of nitrogens with one attached hydrogen (secondary N) is 1. The molecule has 2 aromatic rings. The lowest BCUT2D eigenvalue weighted by Crippen LogP contribution is -2.37. The number of methoxy groups -OCH3 is 1. The van der Waals surface area contributed by atoms with E-state index in [1.165, 1.54) is 12.1 Å². The summed E-state index contributed by atoms with van der Waals surface area (Å²) in [5, 5.41) is 2.73. The van der Waals surface area contributed by atoms with Crippen molar-refractivity contribution in [2.24, 2.45) is 0 Å². The minimum absolute atomic E-state index is 0.329. The molecule has 0 spiro atoms. The Balaban J connectivity index is 1.56. The van der Waals surface area contributed by atoms with Crippen LogP contribution in [-0.2, 0) is 26.3 Å². The van der Waals surface area contributed by atoms with Crippen LogP contribution in [0.4, 0.5) is 4.39 Å². The summed E-state index contributed by atoms with van der Waals surface area (Å²) in [6, 6.07) is 13.4. The van der Waals surface area contributed by atoms with E-state index >= 15 is 0 Å². The second-order valence-electron chi connectivity index (χ2n) is 7.00. The molecular formula is C22H24FNO4. The maximum absolute atomic E-state index is 13.7. The fraction of sp³-hybridized carbons (Fsp3) is 0.364. The molecule has 6 heteroatoms. The van der Waals surface area contributed by atoms with Crippen molar-refractivity contribution in [1.82, 2.24) is 5.32 Å². The maximum atomic E-state index is 13.7. The van der Waals surface area contributed by atoms with Gasteiger partial charge in [0.15, 0.2) is 6.61 Å². The fourth-order valence-electron chi connectivity index (χ4n) is 3.64. The number of esters is 1. The number of ether oxygens (including phenoxy) is 2. The molecule has 1 fully saturated rings. The van der Waals surface area contributed by atoms with Crippen molar-refractivity contribution in [2.45, 2.75) is 37.6 Å². The number of halogens is 1. The standard InChI is InChI=1S/C22H24FNO4/c1-27-19-9-7-16(8-10-19)14-24-20(25)15-28-21(26)22(11-2-3-12-22)17-5-4-6-18(23)13-17/h4-10,13H,2-3,11-12,14-15H2,1H3,(H,24,25). The molecule has 1 amide bonds. The minimum Gasteiger partial charge on any atom is -0.497 e. The van der Waals surface area contributed by atoms with Gasteiger partial charge in [-0.25, -0.2) is 4.39 Å². The largest absolute Gasteiger partial charge is 0.497 e. The zero-order chi connectivity index (χ0) is 20.0. The number of benzene rings is 2. The van der Waals surface area contributed by atoms with Crippen molar-refractivity contribution in [3.05, 3.63) is 65.5 Å². The van der Waals surface area contributed by atoms with Gasteiger partial charge in [0.05, 0.1) is 12.5 Å². The topological polar surface area (TPSA) is 64.6 Å². The number of carbonyl (C=O) groups excluding carboxylic acids is 2. The Morgan fingerprint density at radius 1 is 1.11 bits per heavy atom. The van der Waals surface area contributed by atoms with Gasteiger partial charge in [0.25, 0.3) is 5.91 Å². The van der Waals surface area contributed by atoms with Crippen molar-refractivity contribution in [1.29, 1.82) is 0 Å². The Labute approximate surface area is 163 Å². The van der Waals surface area contributed by atoms with Crippen LogP contribution in [0.1, 0.15) is 36.8 Å². The van der Waals surface area contributed by atoms with Gasteiger partial charge in [0.2, 0.25) is 0 Å². The molecule has 0 aliphatic heterocycles. The Kier molecular flexibility index (Phi) is 6.29. The van der Waals surface area contributed by atoms with Gasteiger partial charge in [-0.05, 0) is 48.2 Å². The van der Waals surface area contributed by atoms with E-state index in [9.17, 15) is 14.0 Å². The van der Waals surface area contributed by atoms with E-state index in [0.29, 0.717) is 24.9 Å². The molecule has 2 aromatic carbocycles. The third kappa shape index (κ3) is 4.50. The Hall–Kier alpha value is -2.89. The predicted molar refractivity (Wildman–Crippen MR) is 102 cm³/mol. The summed E-state index contributed by atoms with van der Waals surface area (Å²) in [4.78, 5) is 24.9. The third-order valence-electron chi connectivity index (χ3n) is 5.21. The van der Waals surface area contributed by atoms with E-state index in [2.05, 4.69) is 5.32 Å². The molecule has 3 rings (SSSR count). The quantitative estimate of drug-likeness (QED) is 0.741. The first-order chi connectivity index (χ1) is 13.5. The lowest BCUT2D eigenvalue weighted by Gasteiger charge is -2.27. The van der Waals surface area contributed by atoms with Crippen LogP contribution < -0.4 is 10.1 Å². The van der Waals surface area contributed by atoms with Crippen LogP contribution in [-0.4, -0.2) is 25.6 Å². The van der Waals surface area contributed by atoms with Gasteiger partial charge in [-0.2, -0.15) is 0 Å². The highest BCUT2D eigenvalue weighted by molar-refractivity contribution is 5.86. The lowest BCUT2D eigenvalue weighted by molar-refractivity contribution is -0.154. The zero-order valence-electron chi connectivity index (χ0n) is 15.9. The van der Waals surface area contributed by atoms with Gasteiger partial charge >= 0.3 is 5.97 Å². The summed E-state index contributed by atoms with van der Waals surface area (Å²) in [6.45, 7) is -0.0263. The summed E-state index contributed by atoms with van der Waals surface area (Å²) in [5.74, 6) is -0.483. The first-order valence-electron chi connectivity index (χ1n) is 9.36. The molecule has 0 saturated heterocycles. The van der Waals surface area contributed by atoms with Crippen molar-refractivity contribution in [2.75, 3.05) is 13.7 Å². The molecule has 1 N–H and O–H groups in total. The summed E-state index contributed by atoms with van der Waals surface area (Å²) in [7, 11) is 1.59. The van der Waals surface area contributed by atoms with E-state index in [-0.39, 0.29) is 18.3 Å². The van der Waals surface area contributed by atoms with E-state index in [0.717, 1.165) is 24.2 Å². The Morgan fingerprint density at radius 2 is 1.82 bits per heavy atom. The number of amides is 1. The zero-order valence-corrected chi connectivity index (χ0v) is 15.9. The van der Waals surface area contributed by atoms with Gasteiger partial charge < -0.3 is 14.8 Å². The van der Waals surface area contributed by atoms with E-state index in [1.54, 1.807) is 19.2 Å². The van der Waals surface area contributed by atoms with Crippen molar-refractivity contribution in [3.8, 4) is 5.75 Å². The minimum atomic E-state index is -0.863. The maximum Gasteiger partial charge on any atom is 0.317 e. The summed E-state index contributed by atoms with van der Waals surface area (Å²) >= 11 is 0. The highest BCUT2D eigenvalue weighted by Crippen LogP contribution is 2.42. The molecule has 0 atom stereocenters. The molecule has 148 valence electrons. The predicted octanol–water partition coefficient (Wildman–Crippen LogP) is 3.51. The van der Waals surface area contributed by atoms with E-state index in [4.69, 9.17) is 9.47 Å². The second-order valence-corrected chi connectivity index (χ2v) is 7.00. The molecule has 0 heterocycles. The molecule has 5 nitrogen and oxygen atoms in total. The molecule has 1 aliphatic rings. The summed E-state index contributed by atoms with van der Waals surface area (Å²) < 4.78 is 24.1. The van der Waals surface area contributed by atoms with Crippen molar-refractivity contribution >= 4 is 11.9 Å². The summed E-state index contributed by atoms with van der Waals surface area (Å²) in [6.07, 6.45) is 2.94. The van der Waals surface area contributed by atoms with Crippen LogP contribution in [0, 0.1) is 5.82 Å².